The maximum atomic E-state index is 13.0. The third kappa shape index (κ3) is 4.29. The van der Waals surface area contributed by atoms with Crippen LogP contribution in [0.3, 0.4) is 0 Å². The van der Waals surface area contributed by atoms with Crippen LogP contribution in [0.1, 0.15) is 28.8 Å². The number of hydrogen-bond donors (Lipinski definition) is 0. The first-order valence-corrected chi connectivity index (χ1v) is 8.35. The summed E-state index contributed by atoms with van der Waals surface area (Å²) in [5.74, 6) is -1.10. The summed E-state index contributed by atoms with van der Waals surface area (Å²) < 4.78 is 26.0. The fourth-order valence-electron chi connectivity index (χ4n) is 3.16. The van der Waals surface area contributed by atoms with E-state index in [0.717, 1.165) is 18.4 Å². The Morgan fingerprint density at radius 2 is 1.56 bits per heavy atom. The zero-order chi connectivity index (χ0) is 17.8. The molecule has 2 aromatic rings. The minimum absolute atomic E-state index is 0.0562. The van der Waals surface area contributed by atoms with Gasteiger partial charge in [-0.25, -0.2) is 8.78 Å². The van der Waals surface area contributed by atoms with E-state index in [4.69, 9.17) is 0 Å². The molecule has 0 aromatic heterocycles. The number of halogens is 2. The number of carbonyl (C=O) groups is 2. The zero-order valence-corrected chi connectivity index (χ0v) is 13.8. The van der Waals surface area contributed by atoms with Crippen molar-refractivity contribution in [3.8, 4) is 0 Å². The van der Waals surface area contributed by atoms with Crippen LogP contribution in [0.5, 0.6) is 0 Å². The molecule has 0 spiro atoms. The molecule has 0 bridgehead atoms. The van der Waals surface area contributed by atoms with Crippen LogP contribution in [-0.2, 0) is 11.2 Å². The average Bonchev–Trinajstić information content (AvgIpc) is 2.64. The van der Waals surface area contributed by atoms with Crippen LogP contribution in [0.2, 0.25) is 0 Å². The van der Waals surface area contributed by atoms with Crippen molar-refractivity contribution >= 4 is 11.7 Å². The van der Waals surface area contributed by atoms with Crippen molar-refractivity contribution in [2.45, 2.75) is 19.3 Å². The van der Waals surface area contributed by atoms with Gasteiger partial charge >= 0.3 is 0 Å². The highest BCUT2D eigenvalue weighted by atomic mass is 19.1. The van der Waals surface area contributed by atoms with E-state index in [1.807, 2.05) is 0 Å². The Morgan fingerprint density at radius 1 is 0.960 bits per heavy atom. The first-order valence-electron chi connectivity index (χ1n) is 8.35. The van der Waals surface area contributed by atoms with E-state index in [2.05, 4.69) is 0 Å². The van der Waals surface area contributed by atoms with E-state index in [1.54, 1.807) is 17.0 Å². The second kappa shape index (κ2) is 7.55. The van der Waals surface area contributed by atoms with E-state index in [0.29, 0.717) is 18.7 Å². The average molecular weight is 343 g/mol. The minimum atomic E-state index is -0.378. The molecule has 2 aromatic carbocycles. The predicted molar refractivity (Wildman–Crippen MR) is 90.1 cm³/mol. The Hall–Kier alpha value is -2.56. The van der Waals surface area contributed by atoms with E-state index in [1.165, 1.54) is 36.4 Å². The molecule has 1 aliphatic heterocycles. The molecule has 0 N–H and O–H groups in total. The van der Waals surface area contributed by atoms with Gasteiger partial charge in [-0.1, -0.05) is 12.1 Å². The summed E-state index contributed by atoms with van der Waals surface area (Å²) in [5.41, 5.74) is 1.22. The number of Topliss-reactive ketones (excluding diaryl/α,β-unsaturated/α-hetero) is 1. The van der Waals surface area contributed by atoms with E-state index in [-0.39, 0.29) is 35.7 Å². The third-order valence-corrected chi connectivity index (χ3v) is 4.54. The number of piperidine rings is 1. The van der Waals surface area contributed by atoms with Gasteiger partial charge in [0.1, 0.15) is 11.6 Å². The molecule has 5 heteroatoms. The Kier molecular flexibility index (Phi) is 5.22. The molecule has 1 saturated heterocycles. The summed E-state index contributed by atoms with van der Waals surface area (Å²) >= 11 is 0. The molecule has 1 amide bonds. The lowest BCUT2D eigenvalue weighted by Gasteiger charge is -2.32. The second-order valence-electron chi connectivity index (χ2n) is 6.35. The van der Waals surface area contributed by atoms with Crippen molar-refractivity contribution in [3.05, 3.63) is 71.3 Å². The van der Waals surface area contributed by atoms with E-state index >= 15 is 0 Å². The summed E-state index contributed by atoms with van der Waals surface area (Å²) in [6.45, 7) is 0.990. The molecule has 1 unspecified atom stereocenters. The fourth-order valence-corrected chi connectivity index (χ4v) is 3.16. The summed E-state index contributed by atoms with van der Waals surface area (Å²) in [6, 6.07) is 11.4. The Labute approximate surface area is 145 Å². The largest absolute Gasteiger partial charge is 0.342 e. The van der Waals surface area contributed by atoms with Crippen LogP contribution >= 0.6 is 0 Å². The lowest BCUT2D eigenvalue weighted by molar-refractivity contribution is -0.131. The van der Waals surface area contributed by atoms with E-state index in [9.17, 15) is 18.4 Å². The summed E-state index contributed by atoms with van der Waals surface area (Å²) in [5, 5.41) is 0. The first-order chi connectivity index (χ1) is 12.0. The molecule has 1 aliphatic rings. The van der Waals surface area contributed by atoms with Crippen molar-refractivity contribution in [2.75, 3.05) is 13.1 Å². The number of benzene rings is 2. The summed E-state index contributed by atoms with van der Waals surface area (Å²) in [6.07, 6.45) is 1.67. The zero-order valence-electron chi connectivity index (χ0n) is 13.8. The van der Waals surface area contributed by atoms with Crippen molar-refractivity contribution in [1.82, 2.24) is 4.90 Å². The Bertz CT molecular complexity index is 756. The highest BCUT2D eigenvalue weighted by molar-refractivity contribution is 5.98. The van der Waals surface area contributed by atoms with Gasteiger partial charge < -0.3 is 4.90 Å². The molecule has 3 rings (SSSR count). The Morgan fingerprint density at radius 3 is 2.20 bits per heavy atom. The van der Waals surface area contributed by atoms with Gasteiger partial charge in [0, 0.05) is 24.6 Å². The predicted octanol–water partition coefficient (Wildman–Crippen LogP) is 3.63. The van der Waals surface area contributed by atoms with Crippen molar-refractivity contribution in [3.63, 3.8) is 0 Å². The van der Waals surface area contributed by atoms with Gasteiger partial charge in [-0.15, -0.1) is 0 Å². The molecular weight excluding hydrogens is 324 g/mol. The quantitative estimate of drug-likeness (QED) is 0.795. The van der Waals surface area contributed by atoms with Gasteiger partial charge in [0.05, 0.1) is 6.42 Å². The van der Waals surface area contributed by atoms with Gasteiger partial charge in [-0.3, -0.25) is 9.59 Å². The minimum Gasteiger partial charge on any atom is -0.342 e. The van der Waals surface area contributed by atoms with Gasteiger partial charge in [-0.05, 0) is 54.8 Å². The highest BCUT2D eigenvalue weighted by Crippen LogP contribution is 2.22. The lowest BCUT2D eigenvalue weighted by atomic mass is 9.89. The van der Waals surface area contributed by atoms with E-state index < -0.39 is 0 Å². The number of nitrogens with zero attached hydrogens (tertiary/aromatic N) is 1. The van der Waals surface area contributed by atoms with Gasteiger partial charge in [0.2, 0.25) is 5.91 Å². The number of rotatable bonds is 4. The molecule has 0 aliphatic carbocycles. The number of amides is 1. The summed E-state index contributed by atoms with van der Waals surface area (Å²) in [4.78, 5) is 26.7. The van der Waals surface area contributed by atoms with Crippen molar-refractivity contribution in [2.24, 2.45) is 5.92 Å². The monoisotopic (exact) mass is 343 g/mol. The van der Waals surface area contributed by atoms with Crippen LogP contribution < -0.4 is 0 Å². The molecule has 130 valence electrons. The van der Waals surface area contributed by atoms with Crippen LogP contribution in [0.15, 0.2) is 48.5 Å². The lowest BCUT2D eigenvalue weighted by Crippen LogP contribution is -2.43. The molecule has 0 saturated carbocycles. The van der Waals surface area contributed by atoms with Crippen molar-refractivity contribution < 1.29 is 18.4 Å². The number of likely N-dealkylation sites (tertiary alicyclic amines) is 1. The third-order valence-electron chi connectivity index (χ3n) is 4.54. The second-order valence-corrected chi connectivity index (χ2v) is 6.35. The first kappa shape index (κ1) is 17.3. The molecule has 1 heterocycles. The summed E-state index contributed by atoms with van der Waals surface area (Å²) in [7, 11) is 0. The van der Waals surface area contributed by atoms with Gasteiger partial charge in [0.25, 0.3) is 0 Å². The Balaban J connectivity index is 1.63. The smallest absolute Gasteiger partial charge is 0.227 e. The number of carbonyl (C=O) groups excluding carboxylic acids is 2. The molecule has 0 radical (unpaired) electrons. The number of hydrogen-bond acceptors (Lipinski definition) is 2. The maximum absolute atomic E-state index is 13.0. The molecule has 1 atom stereocenters. The van der Waals surface area contributed by atoms with Crippen molar-refractivity contribution in [1.29, 1.82) is 0 Å². The maximum Gasteiger partial charge on any atom is 0.227 e. The standard InChI is InChI=1S/C20H19F2NO2/c21-17-7-3-14(4-8-17)12-19(24)23-11-1-2-16(13-23)20(25)15-5-9-18(22)10-6-15/h3-10,16H,1-2,11-13H2. The normalized spacial score (nSPS) is 17.4. The molecule has 25 heavy (non-hydrogen) atoms. The van der Waals surface area contributed by atoms with Crippen LogP contribution in [0, 0.1) is 17.6 Å². The molecule has 3 nitrogen and oxygen atoms in total. The van der Waals surface area contributed by atoms with Gasteiger partial charge in [0.15, 0.2) is 5.78 Å². The molecule has 1 fully saturated rings. The SMILES string of the molecule is O=C(c1ccc(F)cc1)C1CCCN(C(=O)Cc2ccc(F)cc2)C1. The fraction of sp³-hybridized carbons (Fsp3) is 0.300. The van der Waals surface area contributed by atoms with Crippen LogP contribution in [-0.4, -0.2) is 29.7 Å². The topological polar surface area (TPSA) is 37.4 Å². The molecular formula is C20H19F2NO2. The highest BCUT2D eigenvalue weighted by Gasteiger charge is 2.28. The number of ketones is 1. The van der Waals surface area contributed by atoms with Crippen LogP contribution in [0.4, 0.5) is 8.78 Å². The van der Waals surface area contributed by atoms with Crippen LogP contribution in [0.25, 0.3) is 0 Å². The van der Waals surface area contributed by atoms with Gasteiger partial charge in [-0.2, -0.15) is 0 Å².